The molecule has 1 heterocycles. The molecule has 1 aliphatic rings. The van der Waals surface area contributed by atoms with Crippen molar-refractivity contribution in [3.63, 3.8) is 0 Å². The molecule has 0 aliphatic carbocycles. The number of hydrogen-bond acceptors (Lipinski definition) is 2. The molecule has 0 saturated carbocycles. The highest BCUT2D eigenvalue weighted by Crippen LogP contribution is 2.18. The lowest BCUT2D eigenvalue weighted by Gasteiger charge is -2.07. The quantitative estimate of drug-likeness (QED) is 0.481. The zero-order valence-electron chi connectivity index (χ0n) is 4.95. The molecule has 2 heteroatoms. The molecule has 7 heavy (non-hydrogen) atoms. The van der Waals surface area contributed by atoms with Crippen LogP contribution in [0, 0.1) is 5.41 Å². The van der Waals surface area contributed by atoms with Crippen molar-refractivity contribution < 1.29 is 0 Å². The van der Waals surface area contributed by atoms with E-state index in [2.05, 4.69) is 31.3 Å². The van der Waals surface area contributed by atoms with Crippen molar-refractivity contribution in [3.05, 3.63) is 0 Å². The van der Waals surface area contributed by atoms with Gasteiger partial charge in [-0.15, -0.1) is 0 Å². The summed E-state index contributed by atoms with van der Waals surface area (Å²) in [5.41, 5.74) is 3.07. The maximum absolute atomic E-state index is 3.84. The lowest BCUT2D eigenvalue weighted by Crippen LogP contribution is -2.15. The summed E-state index contributed by atoms with van der Waals surface area (Å²) < 4.78 is 0. The molecule has 0 aromatic carbocycles. The molecule has 0 bridgehead atoms. The van der Waals surface area contributed by atoms with Gasteiger partial charge in [0, 0.05) is 5.41 Å². The summed E-state index contributed by atoms with van der Waals surface area (Å²) in [4.78, 5) is 0. The van der Waals surface area contributed by atoms with E-state index in [9.17, 15) is 0 Å². The lowest BCUT2D eigenvalue weighted by atomic mass is 9.97. The molecule has 1 N–H and O–H groups in total. The van der Waals surface area contributed by atoms with Crippen LogP contribution in [0.5, 0.6) is 0 Å². The predicted molar refractivity (Wildman–Crippen MR) is 30.0 cm³/mol. The predicted octanol–water partition coefficient (Wildman–Crippen LogP) is 0.949. The molecule has 40 valence electrons. The van der Waals surface area contributed by atoms with Crippen LogP contribution in [0.25, 0.3) is 0 Å². The second kappa shape index (κ2) is 0.997. The van der Waals surface area contributed by atoms with Crippen molar-refractivity contribution in [1.82, 2.24) is 5.43 Å². The van der Waals surface area contributed by atoms with Crippen LogP contribution in [-0.4, -0.2) is 5.84 Å². The molecule has 0 radical (unpaired) electrons. The van der Waals surface area contributed by atoms with E-state index in [0.717, 1.165) is 5.84 Å². The number of hydrazone groups is 1. The molecule has 0 aromatic heterocycles. The minimum atomic E-state index is 0.250. The molecule has 1 rings (SSSR count). The van der Waals surface area contributed by atoms with Gasteiger partial charge in [-0.3, -0.25) is 5.43 Å². The molecule has 0 amide bonds. The minimum Gasteiger partial charge on any atom is -0.261 e. The number of rotatable bonds is 0. The van der Waals surface area contributed by atoms with Crippen LogP contribution in [0.15, 0.2) is 5.10 Å². The molecule has 1 aliphatic heterocycles. The summed E-state index contributed by atoms with van der Waals surface area (Å²) in [5.74, 6) is 1.12. The van der Waals surface area contributed by atoms with Crippen molar-refractivity contribution >= 4 is 5.84 Å². The third-order valence-electron chi connectivity index (χ3n) is 0.934. The van der Waals surface area contributed by atoms with Crippen molar-refractivity contribution in [1.29, 1.82) is 0 Å². The van der Waals surface area contributed by atoms with Gasteiger partial charge in [-0.2, -0.15) is 5.10 Å². The topological polar surface area (TPSA) is 34.3 Å². The monoisotopic (exact) mass is 98.1 g/mol. The first-order chi connectivity index (χ1) is 3.11. The Hall–Kier alpha value is -0.530. The Morgan fingerprint density at radius 2 is 1.86 bits per heavy atom. The van der Waals surface area contributed by atoms with Crippen molar-refractivity contribution in [2.45, 2.75) is 20.8 Å². The molecule has 0 saturated heterocycles. The highest BCUT2D eigenvalue weighted by atomic mass is 15.5. The van der Waals surface area contributed by atoms with E-state index in [-0.39, 0.29) is 5.41 Å². The van der Waals surface area contributed by atoms with E-state index in [4.69, 9.17) is 0 Å². The summed E-state index contributed by atoms with van der Waals surface area (Å²) in [7, 11) is 0. The number of nitrogens with one attached hydrogen (secondary N) is 1. The fourth-order valence-electron chi connectivity index (χ4n) is 0.363. The van der Waals surface area contributed by atoms with Crippen LogP contribution < -0.4 is 5.43 Å². The lowest BCUT2D eigenvalue weighted by molar-refractivity contribution is 0.597. The molecular formula is C5H10N2. The zero-order chi connectivity index (χ0) is 5.49. The number of hydrogen-bond donors (Lipinski definition) is 1. The molecule has 0 unspecified atom stereocenters. The molecule has 0 fully saturated rings. The third-order valence-corrected chi connectivity index (χ3v) is 0.934. The van der Waals surface area contributed by atoms with Crippen LogP contribution in [0.1, 0.15) is 20.8 Å². The van der Waals surface area contributed by atoms with Crippen molar-refractivity contribution in [3.8, 4) is 0 Å². The molecule has 2 nitrogen and oxygen atoms in total. The van der Waals surface area contributed by atoms with E-state index in [0.29, 0.717) is 0 Å². The average molecular weight is 98.1 g/mol. The van der Waals surface area contributed by atoms with Crippen LogP contribution >= 0.6 is 0 Å². The van der Waals surface area contributed by atoms with Gasteiger partial charge in [0.2, 0.25) is 0 Å². The van der Waals surface area contributed by atoms with Gasteiger partial charge in [0.15, 0.2) is 0 Å². The van der Waals surface area contributed by atoms with Crippen LogP contribution in [0.3, 0.4) is 0 Å². The van der Waals surface area contributed by atoms with E-state index < -0.39 is 0 Å². The first kappa shape index (κ1) is 4.62. The third kappa shape index (κ3) is 0.918. The van der Waals surface area contributed by atoms with Gasteiger partial charge in [-0.25, -0.2) is 0 Å². The maximum atomic E-state index is 3.84. The summed E-state index contributed by atoms with van der Waals surface area (Å²) >= 11 is 0. The Bertz CT molecular complexity index is 108. The molecule has 0 spiro atoms. The van der Waals surface area contributed by atoms with Gasteiger partial charge in [-0.1, -0.05) is 20.8 Å². The zero-order valence-corrected chi connectivity index (χ0v) is 4.95. The normalized spacial score (nSPS) is 17.9. The van der Waals surface area contributed by atoms with Gasteiger partial charge in [0.25, 0.3) is 0 Å². The molecule has 0 atom stereocenters. The minimum absolute atomic E-state index is 0.250. The van der Waals surface area contributed by atoms with Gasteiger partial charge in [0.1, 0.15) is 5.84 Å². The van der Waals surface area contributed by atoms with E-state index in [1.54, 1.807) is 0 Å². The first-order valence-corrected chi connectivity index (χ1v) is 2.45. The Morgan fingerprint density at radius 3 is 1.86 bits per heavy atom. The fraction of sp³-hybridized carbons (Fsp3) is 0.800. The second-order valence-corrected chi connectivity index (χ2v) is 2.82. The van der Waals surface area contributed by atoms with Crippen LogP contribution in [-0.2, 0) is 0 Å². The maximum Gasteiger partial charge on any atom is 0.148 e. The van der Waals surface area contributed by atoms with E-state index >= 15 is 0 Å². The Morgan fingerprint density at radius 1 is 1.43 bits per heavy atom. The highest BCUT2D eigenvalue weighted by Gasteiger charge is 2.25. The van der Waals surface area contributed by atoms with Gasteiger partial charge in [0.05, 0.1) is 0 Å². The number of nitrogens with zero attached hydrogens (tertiary/aromatic N) is 1. The second-order valence-electron chi connectivity index (χ2n) is 2.82. The Balaban J connectivity index is 2.53. The van der Waals surface area contributed by atoms with Crippen molar-refractivity contribution in [2.24, 2.45) is 10.5 Å². The fourth-order valence-corrected chi connectivity index (χ4v) is 0.363. The number of amidine groups is 1. The standard InChI is InChI=1S/C5H10N2/c1-5(2,3)4-6-7-4/h1-3H3,(H,6,7). The van der Waals surface area contributed by atoms with Gasteiger partial charge < -0.3 is 0 Å². The largest absolute Gasteiger partial charge is 0.261 e. The Kier molecular flexibility index (Phi) is 0.659. The summed E-state index contributed by atoms with van der Waals surface area (Å²) in [6.07, 6.45) is 0. The average Bonchev–Trinajstić information content (AvgIpc) is 1.99. The molecular weight excluding hydrogens is 88.1 g/mol. The van der Waals surface area contributed by atoms with E-state index in [1.807, 2.05) is 0 Å². The van der Waals surface area contributed by atoms with Crippen LogP contribution in [0.2, 0.25) is 0 Å². The van der Waals surface area contributed by atoms with Gasteiger partial charge in [-0.05, 0) is 0 Å². The SMILES string of the molecule is CC(C)(C)C1=NN1. The van der Waals surface area contributed by atoms with Crippen molar-refractivity contribution in [2.75, 3.05) is 0 Å². The summed E-state index contributed by atoms with van der Waals surface area (Å²) in [5, 5.41) is 3.84. The highest BCUT2D eigenvalue weighted by molar-refractivity contribution is 5.94. The summed E-state index contributed by atoms with van der Waals surface area (Å²) in [6, 6.07) is 0. The smallest absolute Gasteiger partial charge is 0.148 e. The van der Waals surface area contributed by atoms with Crippen LogP contribution in [0.4, 0.5) is 0 Å². The first-order valence-electron chi connectivity index (χ1n) is 2.45. The van der Waals surface area contributed by atoms with E-state index in [1.165, 1.54) is 0 Å². The summed E-state index contributed by atoms with van der Waals surface area (Å²) in [6.45, 7) is 6.39. The molecule has 0 aromatic rings. The van der Waals surface area contributed by atoms with Gasteiger partial charge >= 0.3 is 0 Å². The Labute approximate surface area is 43.6 Å².